The number of amides is 1. The van der Waals surface area contributed by atoms with Gasteiger partial charge in [0, 0.05) is 38.1 Å². The van der Waals surface area contributed by atoms with E-state index >= 15 is 0 Å². The highest BCUT2D eigenvalue weighted by molar-refractivity contribution is 7.89. The van der Waals surface area contributed by atoms with E-state index in [1.807, 2.05) is 0 Å². The van der Waals surface area contributed by atoms with Crippen LogP contribution in [0.2, 0.25) is 0 Å². The van der Waals surface area contributed by atoms with Crippen molar-refractivity contribution in [2.75, 3.05) is 32.8 Å². The summed E-state index contributed by atoms with van der Waals surface area (Å²) in [5.41, 5.74) is 0. The number of rotatable bonds is 5. The number of hydrogen-bond acceptors (Lipinski definition) is 5. The summed E-state index contributed by atoms with van der Waals surface area (Å²) in [7, 11) is -3.68. The maximum absolute atomic E-state index is 13.0. The van der Waals surface area contributed by atoms with Crippen LogP contribution in [0.5, 0.6) is 0 Å². The highest BCUT2D eigenvalue weighted by atomic mass is 32.2. The van der Waals surface area contributed by atoms with Crippen LogP contribution < -0.4 is 10.0 Å². The van der Waals surface area contributed by atoms with Crippen LogP contribution in [0.3, 0.4) is 0 Å². The summed E-state index contributed by atoms with van der Waals surface area (Å²) in [5, 5.41) is 3.26. The molecule has 0 radical (unpaired) electrons. The summed E-state index contributed by atoms with van der Waals surface area (Å²) in [5.74, 6) is -0.415. The molecule has 0 saturated carbocycles. The molecule has 144 valence electrons. The molecule has 1 unspecified atom stereocenters. The van der Waals surface area contributed by atoms with Crippen molar-refractivity contribution < 1.29 is 22.3 Å². The molecule has 1 aromatic rings. The minimum absolute atomic E-state index is 0.0424. The first kappa shape index (κ1) is 19.2. The minimum Gasteiger partial charge on any atom is -0.378 e. The highest BCUT2D eigenvalue weighted by Gasteiger charge is 2.28. The molecule has 2 saturated heterocycles. The molecule has 2 N–H and O–H groups in total. The van der Waals surface area contributed by atoms with Crippen LogP contribution in [0.1, 0.15) is 19.3 Å². The van der Waals surface area contributed by atoms with Crippen molar-refractivity contribution in [1.29, 1.82) is 0 Å². The molecule has 7 nitrogen and oxygen atoms in total. The van der Waals surface area contributed by atoms with Crippen molar-refractivity contribution in [3.63, 3.8) is 0 Å². The van der Waals surface area contributed by atoms with Crippen LogP contribution in [-0.4, -0.2) is 64.2 Å². The van der Waals surface area contributed by atoms with Crippen molar-refractivity contribution in [2.24, 2.45) is 0 Å². The van der Waals surface area contributed by atoms with Gasteiger partial charge in [-0.3, -0.25) is 4.79 Å². The van der Waals surface area contributed by atoms with Crippen LogP contribution in [-0.2, 0) is 19.6 Å². The van der Waals surface area contributed by atoms with Gasteiger partial charge in [-0.25, -0.2) is 17.5 Å². The molecule has 3 rings (SSSR count). The van der Waals surface area contributed by atoms with Crippen molar-refractivity contribution in [1.82, 2.24) is 14.9 Å². The lowest BCUT2D eigenvalue weighted by Crippen LogP contribution is -2.49. The lowest BCUT2D eigenvalue weighted by atomic mass is 10.0. The lowest BCUT2D eigenvalue weighted by molar-refractivity contribution is -0.133. The number of morpholine rings is 1. The Kier molecular flexibility index (Phi) is 6.23. The summed E-state index contributed by atoms with van der Waals surface area (Å²) in [4.78, 5) is 14.2. The van der Waals surface area contributed by atoms with Crippen molar-refractivity contribution >= 4 is 15.9 Å². The Labute approximate surface area is 152 Å². The number of ether oxygens (including phenoxy) is 1. The molecule has 9 heteroatoms. The van der Waals surface area contributed by atoms with Gasteiger partial charge in [-0.1, -0.05) is 0 Å². The van der Waals surface area contributed by atoms with Crippen molar-refractivity contribution in [2.45, 2.75) is 36.2 Å². The molecule has 1 amide bonds. The van der Waals surface area contributed by atoms with Gasteiger partial charge in [0.15, 0.2) is 0 Å². The van der Waals surface area contributed by atoms with Gasteiger partial charge in [-0.15, -0.1) is 0 Å². The second-order valence-corrected chi connectivity index (χ2v) is 8.37. The first-order valence-corrected chi connectivity index (χ1v) is 10.3. The number of halogens is 1. The third kappa shape index (κ3) is 5.00. The fourth-order valence-electron chi connectivity index (χ4n) is 3.24. The largest absolute Gasteiger partial charge is 0.378 e. The summed E-state index contributed by atoms with van der Waals surface area (Å²) in [6.45, 7) is 3.00. The normalized spacial score (nSPS) is 22.3. The van der Waals surface area contributed by atoms with E-state index in [0.717, 1.165) is 18.7 Å². The van der Waals surface area contributed by atoms with Crippen molar-refractivity contribution in [3.05, 3.63) is 30.1 Å². The average Bonchev–Trinajstić information content (AvgIpc) is 2.63. The standard InChI is InChI=1S/C17H24FN3O4S/c18-13-1-3-16(4-2-13)26(23,24)20-14-5-8-21(9-6-14)17(22)11-15-12-25-10-7-19-15/h1-4,14-15,19-20H,5-12H2. The van der Waals surface area contributed by atoms with Gasteiger partial charge < -0.3 is 15.0 Å². The molecule has 2 aliphatic rings. The number of carbonyl (C=O) groups excluding carboxylic acids is 1. The molecule has 1 aromatic carbocycles. The predicted molar refractivity (Wildman–Crippen MR) is 93.6 cm³/mol. The summed E-state index contributed by atoms with van der Waals surface area (Å²) < 4.78 is 45.7. The van der Waals surface area contributed by atoms with E-state index in [1.54, 1.807) is 4.90 Å². The smallest absolute Gasteiger partial charge is 0.240 e. The molecule has 0 aliphatic carbocycles. The molecule has 1 atom stereocenters. The van der Waals surface area contributed by atoms with E-state index in [-0.39, 0.29) is 22.9 Å². The zero-order chi connectivity index (χ0) is 18.6. The van der Waals surface area contributed by atoms with Gasteiger partial charge >= 0.3 is 0 Å². The maximum Gasteiger partial charge on any atom is 0.240 e. The zero-order valence-corrected chi connectivity index (χ0v) is 15.3. The maximum atomic E-state index is 13.0. The number of nitrogens with zero attached hydrogens (tertiary/aromatic N) is 1. The number of carbonyl (C=O) groups is 1. The van der Waals surface area contributed by atoms with Crippen molar-refractivity contribution in [3.8, 4) is 0 Å². The molecule has 0 bridgehead atoms. The zero-order valence-electron chi connectivity index (χ0n) is 14.5. The lowest BCUT2D eigenvalue weighted by Gasteiger charge is -2.33. The predicted octanol–water partition coefficient (Wildman–Crippen LogP) is 0.474. The van der Waals surface area contributed by atoms with Crippen LogP contribution in [0.4, 0.5) is 4.39 Å². The average molecular weight is 385 g/mol. The molecule has 0 aromatic heterocycles. The van der Waals surface area contributed by atoms with Gasteiger partial charge in [0.2, 0.25) is 15.9 Å². The van der Waals surface area contributed by atoms with E-state index in [1.165, 1.54) is 12.1 Å². The van der Waals surface area contributed by atoms with Gasteiger partial charge in [-0.05, 0) is 37.1 Å². The molecule has 2 heterocycles. The molecule has 2 aliphatic heterocycles. The second-order valence-electron chi connectivity index (χ2n) is 6.66. The fourth-order valence-corrected chi connectivity index (χ4v) is 4.54. The Morgan fingerprint density at radius 2 is 1.96 bits per heavy atom. The summed E-state index contributed by atoms with van der Waals surface area (Å²) in [6.07, 6.45) is 1.51. The summed E-state index contributed by atoms with van der Waals surface area (Å²) in [6, 6.07) is 4.55. The van der Waals surface area contributed by atoms with Gasteiger partial charge in [0.25, 0.3) is 0 Å². The molecule has 26 heavy (non-hydrogen) atoms. The van der Waals surface area contributed by atoms with E-state index in [9.17, 15) is 17.6 Å². The number of nitrogens with one attached hydrogen (secondary N) is 2. The Balaban J connectivity index is 1.48. The molecular weight excluding hydrogens is 361 g/mol. The third-order valence-corrected chi connectivity index (χ3v) is 6.25. The topological polar surface area (TPSA) is 87.7 Å². The van der Waals surface area contributed by atoms with Crippen LogP contribution in [0.15, 0.2) is 29.2 Å². The van der Waals surface area contributed by atoms with Gasteiger partial charge in [0.1, 0.15) is 5.82 Å². The molecule has 0 spiro atoms. The van der Waals surface area contributed by atoms with E-state index in [0.29, 0.717) is 45.6 Å². The molecule has 2 fully saturated rings. The fraction of sp³-hybridized carbons (Fsp3) is 0.588. The third-order valence-electron chi connectivity index (χ3n) is 4.71. The van der Waals surface area contributed by atoms with Crippen LogP contribution in [0.25, 0.3) is 0 Å². The SMILES string of the molecule is O=C(CC1COCCN1)N1CCC(NS(=O)(=O)c2ccc(F)cc2)CC1. The van der Waals surface area contributed by atoms with E-state index in [4.69, 9.17) is 4.74 Å². The number of likely N-dealkylation sites (tertiary alicyclic amines) is 1. The number of sulfonamides is 1. The summed E-state index contributed by atoms with van der Waals surface area (Å²) >= 11 is 0. The Morgan fingerprint density at radius 3 is 2.58 bits per heavy atom. The first-order chi connectivity index (χ1) is 12.4. The van der Waals surface area contributed by atoms with Gasteiger partial charge in [0.05, 0.1) is 18.1 Å². The second kappa shape index (κ2) is 8.43. The van der Waals surface area contributed by atoms with Crippen LogP contribution >= 0.6 is 0 Å². The monoisotopic (exact) mass is 385 g/mol. The quantitative estimate of drug-likeness (QED) is 0.770. The Hall–Kier alpha value is -1.55. The van der Waals surface area contributed by atoms with E-state index < -0.39 is 15.8 Å². The number of benzene rings is 1. The Bertz CT molecular complexity index is 712. The Morgan fingerprint density at radius 1 is 1.27 bits per heavy atom. The number of piperidine rings is 1. The molecular formula is C17H24FN3O4S. The van der Waals surface area contributed by atoms with Gasteiger partial charge in [-0.2, -0.15) is 0 Å². The minimum atomic E-state index is -3.68. The van der Waals surface area contributed by atoms with Crippen LogP contribution in [0, 0.1) is 5.82 Å². The first-order valence-electron chi connectivity index (χ1n) is 8.81. The van der Waals surface area contributed by atoms with E-state index in [2.05, 4.69) is 10.0 Å². The number of hydrogen-bond donors (Lipinski definition) is 2. The highest BCUT2D eigenvalue weighted by Crippen LogP contribution is 2.16.